The Morgan fingerprint density at radius 1 is 1.29 bits per heavy atom. The van der Waals surface area contributed by atoms with Crippen molar-refractivity contribution in [2.75, 3.05) is 32.2 Å². The number of sulfone groups is 1. The molecule has 0 spiro atoms. The van der Waals surface area contributed by atoms with Crippen LogP contribution < -0.4 is 10.1 Å². The minimum Gasteiger partial charge on any atom is -0.497 e. The quantitative estimate of drug-likeness (QED) is 0.752. The molecule has 1 aromatic rings. The maximum Gasteiger partial charge on any atom is 0.311 e. The predicted octanol–water partition coefficient (Wildman–Crippen LogP) is -0.000600. The third kappa shape index (κ3) is 4.70. The number of hydrogen-bond acceptors (Lipinski definition) is 5. The molecule has 7 nitrogen and oxygen atoms in total. The summed E-state index contributed by atoms with van der Waals surface area (Å²) in [7, 11) is -0.0350. The molecule has 0 radical (unpaired) electrons. The summed E-state index contributed by atoms with van der Waals surface area (Å²) < 4.78 is 28.0. The molecular weight excluding hydrogens is 332 g/mol. The second kappa shape index (κ2) is 7.65. The Hall–Kier alpha value is -2.09. The average Bonchev–Trinajstić information content (AvgIpc) is 2.94. The molecule has 1 N–H and O–H groups in total. The monoisotopic (exact) mass is 354 g/mol. The highest BCUT2D eigenvalue weighted by Crippen LogP contribution is 2.16. The lowest BCUT2D eigenvalue weighted by Crippen LogP contribution is -2.46. The van der Waals surface area contributed by atoms with Crippen molar-refractivity contribution in [3.63, 3.8) is 0 Å². The van der Waals surface area contributed by atoms with Crippen molar-refractivity contribution in [3.8, 4) is 5.75 Å². The molecule has 0 aliphatic carbocycles. The van der Waals surface area contributed by atoms with Gasteiger partial charge in [-0.2, -0.15) is 0 Å². The molecule has 1 unspecified atom stereocenters. The van der Waals surface area contributed by atoms with Gasteiger partial charge in [0.05, 0.1) is 18.6 Å². The first kappa shape index (κ1) is 18.3. The van der Waals surface area contributed by atoms with E-state index in [1.807, 2.05) is 24.3 Å². The zero-order chi connectivity index (χ0) is 17.7. The van der Waals surface area contributed by atoms with Gasteiger partial charge in [0.1, 0.15) is 5.75 Å². The van der Waals surface area contributed by atoms with Gasteiger partial charge in [0.2, 0.25) is 0 Å². The number of ether oxygens (including phenoxy) is 1. The van der Waals surface area contributed by atoms with E-state index in [1.54, 1.807) is 7.11 Å². The van der Waals surface area contributed by atoms with Crippen LogP contribution in [0.2, 0.25) is 0 Å². The van der Waals surface area contributed by atoms with Gasteiger partial charge in [-0.1, -0.05) is 12.1 Å². The summed E-state index contributed by atoms with van der Waals surface area (Å²) in [5.41, 5.74) is 1.01. The molecule has 2 amide bonds. The van der Waals surface area contributed by atoms with E-state index in [2.05, 4.69) is 5.32 Å². The smallest absolute Gasteiger partial charge is 0.311 e. The standard InChI is InChI=1S/C16H22N2O5S/c1-18(13-8-10-24(21,22)11-13)16(20)15(19)17-9-7-12-3-5-14(23-2)6-4-12/h3-6,13H,7-11H2,1-2H3,(H,17,19). The molecule has 1 heterocycles. The first-order valence-electron chi connectivity index (χ1n) is 7.71. The summed E-state index contributed by atoms with van der Waals surface area (Å²) in [5.74, 6) is -0.670. The molecule has 1 aromatic carbocycles. The molecule has 0 aromatic heterocycles. The summed E-state index contributed by atoms with van der Waals surface area (Å²) in [6.07, 6.45) is 0.967. The summed E-state index contributed by atoms with van der Waals surface area (Å²) in [4.78, 5) is 25.2. The Morgan fingerprint density at radius 3 is 2.50 bits per heavy atom. The van der Waals surface area contributed by atoms with Gasteiger partial charge < -0.3 is 15.0 Å². The van der Waals surface area contributed by atoms with E-state index < -0.39 is 27.7 Å². The molecule has 1 atom stereocenters. The number of carbonyl (C=O) groups is 2. The van der Waals surface area contributed by atoms with Crippen LogP contribution in [0.3, 0.4) is 0 Å². The van der Waals surface area contributed by atoms with E-state index >= 15 is 0 Å². The maximum atomic E-state index is 12.1. The molecule has 1 saturated heterocycles. The molecule has 1 aliphatic rings. The molecule has 8 heteroatoms. The second-order valence-corrected chi connectivity index (χ2v) is 8.06. The molecular formula is C16H22N2O5S. The number of nitrogens with zero attached hydrogens (tertiary/aromatic N) is 1. The Balaban J connectivity index is 1.80. The molecule has 1 fully saturated rings. The fourth-order valence-corrected chi connectivity index (χ4v) is 4.37. The Labute approximate surface area is 141 Å². The normalized spacial score (nSPS) is 18.8. The van der Waals surface area contributed by atoms with Crippen LogP contribution in [-0.2, 0) is 25.8 Å². The van der Waals surface area contributed by atoms with Crippen LogP contribution in [0, 0.1) is 0 Å². The van der Waals surface area contributed by atoms with Gasteiger partial charge in [0, 0.05) is 19.6 Å². The van der Waals surface area contributed by atoms with Crippen LogP contribution in [0.25, 0.3) is 0 Å². The van der Waals surface area contributed by atoms with Gasteiger partial charge in [-0.15, -0.1) is 0 Å². The zero-order valence-electron chi connectivity index (χ0n) is 13.8. The summed E-state index contributed by atoms with van der Waals surface area (Å²) >= 11 is 0. The van der Waals surface area contributed by atoms with E-state index in [-0.39, 0.29) is 11.5 Å². The van der Waals surface area contributed by atoms with E-state index in [0.29, 0.717) is 19.4 Å². The summed E-state index contributed by atoms with van der Waals surface area (Å²) in [6, 6.07) is 7.02. The zero-order valence-corrected chi connectivity index (χ0v) is 14.6. The maximum absolute atomic E-state index is 12.1. The predicted molar refractivity (Wildman–Crippen MR) is 89.5 cm³/mol. The molecule has 2 rings (SSSR count). The van der Waals surface area contributed by atoms with Crippen molar-refractivity contribution in [1.29, 1.82) is 0 Å². The van der Waals surface area contributed by atoms with Gasteiger partial charge in [0.25, 0.3) is 0 Å². The van der Waals surface area contributed by atoms with Gasteiger partial charge in [-0.3, -0.25) is 9.59 Å². The van der Waals surface area contributed by atoms with Crippen LogP contribution in [0.1, 0.15) is 12.0 Å². The topological polar surface area (TPSA) is 92.8 Å². The molecule has 132 valence electrons. The number of hydrogen-bond donors (Lipinski definition) is 1. The van der Waals surface area contributed by atoms with Crippen molar-refractivity contribution in [3.05, 3.63) is 29.8 Å². The minimum absolute atomic E-state index is 0.0639. The number of likely N-dealkylation sites (N-methyl/N-ethyl adjacent to an activating group) is 1. The average molecular weight is 354 g/mol. The number of nitrogens with one attached hydrogen (secondary N) is 1. The lowest BCUT2D eigenvalue weighted by Gasteiger charge is -2.22. The van der Waals surface area contributed by atoms with E-state index in [0.717, 1.165) is 11.3 Å². The lowest BCUT2D eigenvalue weighted by atomic mass is 10.1. The lowest BCUT2D eigenvalue weighted by molar-refractivity contribution is -0.146. The largest absolute Gasteiger partial charge is 0.497 e. The summed E-state index contributed by atoms with van der Waals surface area (Å²) in [5, 5.41) is 2.57. The van der Waals surface area contributed by atoms with Crippen molar-refractivity contribution < 1.29 is 22.7 Å². The minimum atomic E-state index is -3.09. The highest BCUT2D eigenvalue weighted by atomic mass is 32.2. The van der Waals surface area contributed by atoms with Crippen LogP contribution in [0.5, 0.6) is 5.75 Å². The van der Waals surface area contributed by atoms with Crippen molar-refractivity contribution in [2.24, 2.45) is 0 Å². The highest BCUT2D eigenvalue weighted by Gasteiger charge is 2.34. The van der Waals surface area contributed by atoms with Gasteiger partial charge in [-0.25, -0.2) is 8.42 Å². The van der Waals surface area contributed by atoms with Gasteiger partial charge in [0.15, 0.2) is 9.84 Å². The second-order valence-electron chi connectivity index (χ2n) is 5.83. The van der Waals surface area contributed by atoms with Gasteiger partial charge in [-0.05, 0) is 30.5 Å². The molecule has 1 aliphatic heterocycles. The number of amides is 2. The number of rotatable bonds is 5. The van der Waals surface area contributed by atoms with Crippen LogP contribution in [0.15, 0.2) is 24.3 Å². The van der Waals surface area contributed by atoms with Crippen molar-refractivity contribution in [1.82, 2.24) is 10.2 Å². The Bertz CT molecular complexity index is 700. The van der Waals surface area contributed by atoms with Gasteiger partial charge >= 0.3 is 11.8 Å². The first-order valence-corrected chi connectivity index (χ1v) is 9.53. The van der Waals surface area contributed by atoms with Crippen molar-refractivity contribution >= 4 is 21.7 Å². The molecule has 24 heavy (non-hydrogen) atoms. The van der Waals surface area contributed by atoms with Crippen LogP contribution in [-0.4, -0.2) is 63.4 Å². The summed E-state index contributed by atoms with van der Waals surface area (Å²) in [6.45, 7) is 0.327. The van der Waals surface area contributed by atoms with Crippen LogP contribution >= 0.6 is 0 Å². The first-order chi connectivity index (χ1) is 11.3. The van der Waals surface area contributed by atoms with E-state index in [9.17, 15) is 18.0 Å². The molecule has 0 saturated carbocycles. The van der Waals surface area contributed by atoms with Crippen LogP contribution in [0.4, 0.5) is 0 Å². The number of carbonyl (C=O) groups excluding carboxylic acids is 2. The van der Waals surface area contributed by atoms with E-state index in [4.69, 9.17) is 4.74 Å². The third-order valence-corrected chi connectivity index (χ3v) is 5.88. The Morgan fingerprint density at radius 2 is 1.96 bits per heavy atom. The number of methoxy groups -OCH3 is 1. The third-order valence-electron chi connectivity index (χ3n) is 4.13. The van der Waals surface area contributed by atoms with Crippen molar-refractivity contribution in [2.45, 2.75) is 18.9 Å². The van der Waals surface area contributed by atoms with E-state index in [1.165, 1.54) is 11.9 Å². The highest BCUT2D eigenvalue weighted by molar-refractivity contribution is 7.91. The molecule has 0 bridgehead atoms. The SMILES string of the molecule is COc1ccc(CCNC(=O)C(=O)N(C)C2CCS(=O)(=O)C2)cc1. The fourth-order valence-electron chi connectivity index (χ4n) is 2.60. The Kier molecular flexibility index (Phi) is 5.82. The fraction of sp³-hybridized carbons (Fsp3) is 0.500. The number of benzene rings is 1.